The highest BCUT2D eigenvalue weighted by Gasteiger charge is 2.32. The summed E-state index contributed by atoms with van der Waals surface area (Å²) in [5.74, 6) is -0.00186. The number of anilines is 1. The van der Waals surface area contributed by atoms with Crippen molar-refractivity contribution >= 4 is 33.3 Å². The molecule has 0 bridgehead atoms. The maximum atomic E-state index is 16.1. The Balaban J connectivity index is 1.26. The first-order chi connectivity index (χ1) is 21.5. The lowest BCUT2D eigenvalue weighted by molar-refractivity contribution is 0.0302. The predicted octanol–water partition coefficient (Wildman–Crippen LogP) is 5.65. The van der Waals surface area contributed by atoms with E-state index in [4.69, 9.17) is 9.47 Å². The van der Waals surface area contributed by atoms with E-state index in [0.29, 0.717) is 49.7 Å². The Labute approximate surface area is 253 Å². The zero-order valence-electron chi connectivity index (χ0n) is 24.2. The lowest BCUT2D eigenvalue weighted by atomic mass is 9.88. The average Bonchev–Trinajstić information content (AvgIpc) is 3.45. The van der Waals surface area contributed by atoms with Crippen LogP contribution in [0.1, 0.15) is 23.7 Å². The minimum absolute atomic E-state index is 0.00959. The van der Waals surface area contributed by atoms with Crippen LogP contribution < -0.4 is 20.8 Å². The number of pyridine rings is 1. The summed E-state index contributed by atoms with van der Waals surface area (Å²) in [6.07, 6.45) is 12.7. The number of halogens is 1. The van der Waals surface area contributed by atoms with Crippen molar-refractivity contribution in [1.29, 1.82) is 0 Å². The molecule has 0 spiro atoms. The fourth-order valence-electron chi connectivity index (χ4n) is 6.79. The third-order valence-electron chi connectivity index (χ3n) is 8.98. The van der Waals surface area contributed by atoms with Gasteiger partial charge in [0.1, 0.15) is 16.8 Å². The summed E-state index contributed by atoms with van der Waals surface area (Å²) in [6, 6.07) is 13.1. The third-order valence-corrected chi connectivity index (χ3v) is 8.98. The van der Waals surface area contributed by atoms with Crippen LogP contribution in [0.15, 0.2) is 89.5 Å². The molecule has 1 aliphatic carbocycles. The smallest absolute Gasteiger partial charge is 0.259 e. The van der Waals surface area contributed by atoms with E-state index in [9.17, 15) is 9.59 Å². The molecule has 8 nitrogen and oxygen atoms in total. The van der Waals surface area contributed by atoms with Gasteiger partial charge in [0.2, 0.25) is 5.43 Å². The average molecular weight is 591 g/mol. The van der Waals surface area contributed by atoms with Crippen molar-refractivity contribution in [3.63, 3.8) is 0 Å². The highest BCUT2D eigenvalue weighted by atomic mass is 19.1. The lowest BCUT2D eigenvalue weighted by Crippen LogP contribution is -2.42. The summed E-state index contributed by atoms with van der Waals surface area (Å²) in [6.45, 7) is 3.60. The Hall–Kier alpha value is -4.89. The van der Waals surface area contributed by atoms with Gasteiger partial charge >= 0.3 is 0 Å². The van der Waals surface area contributed by atoms with Crippen molar-refractivity contribution in [3.8, 4) is 17.2 Å². The molecule has 0 radical (unpaired) electrons. The first-order valence-electron chi connectivity index (χ1n) is 15.0. The standard InChI is InChI=1S/C35H31FN4O4/c1-20(14-23-18-37-28-9-5-4-8-24(23)28)38-31-27(36)17-25-32-34(31)44-30-16-22-7-3-2-6-21(22)15-29(30)40(32)19-26(33(25)41)35(42)39-10-12-43-13-11-39/h2-9,15-20,24,28,37-38H,10-14H2,1H3. The van der Waals surface area contributed by atoms with Gasteiger partial charge in [-0.25, -0.2) is 4.39 Å². The second kappa shape index (κ2) is 10.4. The second-order valence-electron chi connectivity index (χ2n) is 11.8. The summed E-state index contributed by atoms with van der Waals surface area (Å²) >= 11 is 0. The number of allylic oxidation sites excluding steroid dienone is 2. The molecule has 3 atom stereocenters. The van der Waals surface area contributed by atoms with Gasteiger partial charge in [0.05, 0.1) is 30.3 Å². The molecule has 1 aromatic heterocycles. The quantitative estimate of drug-likeness (QED) is 0.275. The van der Waals surface area contributed by atoms with Crippen molar-refractivity contribution in [2.45, 2.75) is 25.4 Å². The van der Waals surface area contributed by atoms with Crippen LogP contribution in [0.4, 0.5) is 10.1 Å². The first kappa shape index (κ1) is 26.7. The molecule has 4 aromatic rings. The van der Waals surface area contributed by atoms with Crippen molar-refractivity contribution in [1.82, 2.24) is 14.8 Å². The number of nitrogens with one attached hydrogen (secondary N) is 2. The van der Waals surface area contributed by atoms with Crippen LogP contribution in [0.25, 0.3) is 27.4 Å². The molecular formula is C35H31FN4O4. The van der Waals surface area contributed by atoms with Gasteiger partial charge in [0, 0.05) is 31.2 Å². The van der Waals surface area contributed by atoms with Crippen LogP contribution >= 0.6 is 0 Å². The molecule has 4 heterocycles. The summed E-state index contributed by atoms with van der Waals surface area (Å²) in [4.78, 5) is 29.1. The molecule has 3 unspecified atom stereocenters. The third kappa shape index (κ3) is 4.30. The highest BCUT2D eigenvalue weighted by molar-refractivity contribution is 6.02. The molecule has 0 saturated carbocycles. The molecule has 2 N–H and O–H groups in total. The van der Waals surface area contributed by atoms with Gasteiger partial charge in [-0.2, -0.15) is 0 Å². The molecular weight excluding hydrogens is 559 g/mol. The number of amides is 1. The van der Waals surface area contributed by atoms with Gasteiger partial charge in [0.25, 0.3) is 5.91 Å². The van der Waals surface area contributed by atoms with Gasteiger partial charge in [0.15, 0.2) is 17.3 Å². The summed E-state index contributed by atoms with van der Waals surface area (Å²) in [5, 5.41) is 8.82. The van der Waals surface area contributed by atoms with Crippen LogP contribution in [0.2, 0.25) is 0 Å². The van der Waals surface area contributed by atoms with Gasteiger partial charge < -0.3 is 29.6 Å². The Bertz CT molecular complexity index is 2010. The molecule has 3 aliphatic heterocycles. The van der Waals surface area contributed by atoms with Crippen LogP contribution in [0.3, 0.4) is 0 Å². The SMILES string of the molecule is CC(CC1=CNC2C=CC=CC12)Nc1c(F)cc2c(=O)c(C(=O)N3CCOCC3)cn3c2c1Oc1cc2ccccc2cc1-3. The Morgan fingerprint density at radius 1 is 1.11 bits per heavy atom. The monoisotopic (exact) mass is 590 g/mol. The number of carbonyl (C=O) groups excluding carboxylic acids is 1. The number of rotatable bonds is 5. The lowest BCUT2D eigenvalue weighted by Gasteiger charge is -2.29. The molecule has 1 amide bonds. The topological polar surface area (TPSA) is 84.8 Å². The molecule has 8 rings (SSSR count). The fourth-order valence-corrected chi connectivity index (χ4v) is 6.79. The number of hydrogen-bond donors (Lipinski definition) is 2. The number of hydrogen-bond acceptors (Lipinski definition) is 6. The van der Waals surface area contributed by atoms with E-state index >= 15 is 4.39 Å². The van der Waals surface area contributed by atoms with Crippen molar-refractivity contribution in [2.75, 3.05) is 31.6 Å². The minimum atomic E-state index is -0.611. The number of carbonyl (C=O) groups is 1. The summed E-state index contributed by atoms with van der Waals surface area (Å²) in [7, 11) is 0. The Morgan fingerprint density at radius 2 is 1.89 bits per heavy atom. The van der Waals surface area contributed by atoms with E-state index in [2.05, 4.69) is 35.1 Å². The van der Waals surface area contributed by atoms with E-state index in [-0.39, 0.29) is 46.3 Å². The maximum Gasteiger partial charge on any atom is 0.259 e. The Morgan fingerprint density at radius 3 is 2.70 bits per heavy atom. The maximum absolute atomic E-state index is 16.1. The van der Waals surface area contributed by atoms with Gasteiger partial charge in [-0.3, -0.25) is 9.59 Å². The van der Waals surface area contributed by atoms with Gasteiger partial charge in [-0.1, -0.05) is 48.6 Å². The Kier molecular flexibility index (Phi) is 6.30. The zero-order chi connectivity index (χ0) is 29.9. The van der Waals surface area contributed by atoms with E-state index < -0.39 is 11.2 Å². The molecule has 222 valence electrons. The van der Waals surface area contributed by atoms with Gasteiger partial charge in [-0.05, 0) is 54.1 Å². The number of nitrogens with zero attached hydrogens (tertiary/aromatic N) is 2. The molecule has 1 saturated heterocycles. The van der Waals surface area contributed by atoms with Crippen LogP contribution in [-0.4, -0.2) is 53.8 Å². The largest absolute Gasteiger partial charge is 0.451 e. The van der Waals surface area contributed by atoms with Crippen molar-refractivity contribution < 1.29 is 18.7 Å². The number of morpholine rings is 1. The molecule has 44 heavy (non-hydrogen) atoms. The van der Waals surface area contributed by atoms with E-state index in [1.54, 1.807) is 11.1 Å². The molecule has 9 heteroatoms. The predicted molar refractivity (Wildman–Crippen MR) is 168 cm³/mol. The second-order valence-corrected chi connectivity index (χ2v) is 11.8. The number of ether oxygens (including phenoxy) is 2. The number of benzene rings is 3. The summed E-state index contributed by atoms with van der Waals surface area (Å²) in [5.41, 5.74) is 1.98. The van der Waals surface area contributed by atoms with E-state index in [1.165, 1.54) is 11.6 Å². The van der Waals surface area contributed by atoms with Crippen LogP contribution in [0, 0.1) is 11.7 Å². The zero-order valence-corrected chi connectivity index (χ0v) is 24.2. The number of aromatic nitrogens is 1. The summed E-state index contributed by atoms with van der Waals surface area (Å²) < 4.78 is 29.8. The number of fused-ring (bicyclic) bond motifs is 4. The van der Waals surface area contributed by atoms with E-state index in [1.807, 2.05) is 54.0 Å². The van der Waals surface area contributed by atoms with E-state index in [0.717, 1.165) is 10.8 Å². The fraction of sp³-hybridized carbons (Fsp3) is 0.257. The molecule has 3 aromatic carbocycles. The highest BCUT2D eigenvalue weighted by Crippen LogP contribution is 2.46. The van der Waals surface area contributed by atoms with Crippen molar-refractivity contribution in [2.24, 2.45) is 5.92 Å². The normalized spacial score (nSPS) is 20.5. The van der Waals surface area contributed by atoms with Gasteiger partial charge in [-0.15, -0.1) is 0 Å². The van der Waals surface area contributed by atoms with Crippen LogP contribution in [-0.2, 0) is 4.74 Å². The molecule has 1 fully saturated rings. The van der Waals surface area contributed by atoms with Crippen LogP contribution in [0.5, 0.6) is 11.5 Å². The van der Waals surface area contributed by atoms with Crippen molar-refractivity contribution in [3.05, 3.63) is 106 Å². The molecule has 4 aliphatic rings. The first-order valence-corrected chi connectivity index (χ1v) is 15.0. The minimum Gasteiger partial charge on any atom is -0.451 e.